The SMILES string of the molecule is O=C(c1ccccc1)C(c1ccccc1)n1ncc2c1CCC2. The number of fused-ring (bicyclic) bond motifs is 1. The standard InChI is InChI=1S/C20H18N2O/c23-20(16-10-5-2-6-11-16)19(15-8-3-1-4-9-15)22-18-13-7-12-17(18)14-21-22/h1-6,8-11,14,19H,7,12-13H2. The summed E-state index contributed by atoms with van der Waals surface area (Å²) in [4.78, 5) is 13.2. The van der Waals surface area contributed by atoms with Crippen molar-refractivity contribution in [3.05, 3.63) is 89.2 Å². The van der Waals surface area contributed by atoms with E-state index in [9.17, 15) is 4.79 Å². The van der Waals surface area contributed by atoms with E-state index in [1.165, 1.54) is 11.3 Å². The Balaban J connectivity index is 1.83. The summed E-state index contributed by atoms with van der Waals surface area (Å²) in [5.74, 6) is 0.0922. The minimum Gasteiger partial charge on any atom is -0.291 e. The monoisotopic (exact) mass is 302 g/mol. The van der Waals surface area contributed by atoms with Crippen LogP contribution < -0.4 is 0 Å². The van der Waals surface area contributed by atoms with Crippen LogP contribution in [0.5, 0.6) is 0 Å². The molecule has 0 N–H and O–H groups in total. The summed E-state index contributed by atoms with van der Waals surface area (Å²) in [6.45, 7) is 0. The average Bonchev–Trinajstić information content (AvgIpc) is 3.22. The Hall–Kier alpha value is -2.68. The zero-order valence-electron chi connectivity index (χ0n) is 12.9. The third-order valence-electron chi connectivity index (χ3n) is 4.51. The van der Waals surface area contributed by atoms with Crippen LogP contribution in [0.4, 0.5) is 0 Å². The number of carbonyl (C=O) groups excluding carboxylic acids is 1. The molecule has 3 aromatic rings. The maximum atomic E-state index is 13.2. The van der Waals surface area contributed by atoms with Crippen molar-refractivity contribution in [2.24, 2.45) is 0 Å². The summed E-state index contributed by atoms with van der Waals surface area (Å²) in [5.41, 5.74) is 4.21. The third-order valence-corrected chi connectivity index (χ3v) is 4.51. The molecule has 1 unspecified atom stereocenters. The molecular weight excluding hydrogens is 284 g/mol. The largest absolute Gasteiger partial charge is 0.291 e. The summed E-state index contributed by atoms with van der Waals surface area (Å²) in [5, 5.41) is 4.56. The molecule has 4 rings (SSSR count). The van der Waals surface area contributed by atoms with Gasteiger partial charge in [0.15, 0.2) is 5.78 Å². The lowest BCUT2D eigenvalue weighted by Crippen LogP contribution is -2.23. The molecule has 0 bridgehead atoms. The van der Waals surface area contributed by atoms with Crippen molar-refractivity contribution in [1.82, 2.24) is 9.78 Å². The zero-order valence-corrected chi connectivity index (χ0v) is 12.9. The van der Waals surface area contributed by atoms with E-state index in [1.807, 2.05) is 71.5 Å². The lowest BCUT2D eigenvalue weighted by atomic mass is 9.97. The van der Waals surface area contributed by atoms with E-state index in [-0.39, 0.29) is 11.8 Å². The molecule has 1 aromatic heterocycles. The Labute approximate surface area is 135 Å². The molecule has 1 aliphatic rings. The molecular formula is C20H18N2O. The van der Waals surface area contributed by atoms with Gasteiger partial charge in [-0.3, -0.25) is 9.48 Å². The molecule has 0 fully saturated rings. The number of hydrogen-bond acceptors (Lipinski definition) is 2. The van der Waals surface area contributed by atoms with E-state index in [4.69, 9.17) is 0 Å². The van der Waals surface area contributed by atoms with Crippen LogP contribution in [0.15, 0.2) is 66.9 Å². The van der Waals surface area contributed by atoms with Gasteiger partial charge in [-0.05, 0) is 30.4 Å². The second-order valence-electron chi connectivity index (χ2n) is 5.96. The Kier molecular flexibility index (Phi) is 3.54. The van der Waals surface area contributed by atoms with E-state index in [0.717, 1.165) is 30.4 Å². The van der Waals surface area contributed by atoms with Gasteiger partial charge in [0.2, 0.25) is 0 Å². The fraction of sp³-hybridized carbons (Fsp3) is 0.200. The molecule has 0 saturated heterocycles. The number of aryl methyl sites for hydroxylation is 1. The quantitative estimate of drug-likeness (QED) is 0.686. The van der Waals surface area contributed by atoms with Gasteiger partial charge in [-0.25, -0.2) is 0 Å². The van der Waals surface area contributed by atoms with Crippen LogP contribution >= 0.6 is 0 Å². The van der Waals surface area contributed by atoms with Crippen molar-refractivity contribution >= 4 is 5.78 Å². The van der Waals surface area contributed by atoms with Crippen molar-refractivity contribution in [2.45, 2.75) is 25.3 Å². The second-order valence-corrected chi connectivity index (χ2v) is 5.96. The number of carbonyl (C=O) groups is 1. The fourth-order valence-electron chi connectivity index (χ4n) is 3.38. The average molecular weight is 302 g/mol. The Bertz CT molecular complexity index is 821. The van der Waals surface area contributed by atoms with Crippen molar-refractivity contribution in [3.8, 4) is 0 Å². The first-order chi connectivity index (χ1) is 11.3. The number of ketones is 1. The molecule has 114 valence electrons. The van der Waals surface area contributed by atoms with Gasteiger partial charge in [-0.15, -0.1) is 0 Å². The highest BCUT2D eigenvalue weighted by molar-refractivity contribution is 6.00. The van der Waals surface area contributed by atoms with Crippen LogP contribution in [0.1, 0.15) is 39.6 Å². The Morgan fingerprint density at radius 1 is 0.957 bits per heavy atom. The lowest BCUT2D eigenvalue weighted by Gasteiger charge is -2.19. The molecule has 0 radical (unpaired) electrons. The summed E-state index contributed by atoms with van der Waals surface area (Å²) in [6.07, 6.45) is 5.14. The van der Waals surface area contributed by atoms with Gasteiger partial charge in [0.25, 0.3) is 0 Å². The van der Waals surface area contributed by atoms with Gasteiger partial charge in [0.05, 0.1) is 6.20 Å². The van der Waals surface area contributed by atoms with Crippen LogP contribution in [-0.2, 0) is 12.8 Å². The summed E-state index contributed by atoms with van der Waals surface area (Å²) < 4.78 is 1.94. The Morgan fingerprint density at radius 3 is 2.39 bits per heavy atom. The lowest BCUT2D eigenvalue weighted by molar-refractivity contribution is 0.0938. The number of Topliss-reactive ketones (excluding diaryl/α,β-unsaturated/α-hetero) is 1. The fourth-order valence-corrected chi connectivity index (χ4v) is 3.38. The van der Waals surface area contributed by atoms with Gasteiger partial charge in [-0.1, -0.05) is 60.7 Å². The highest BCUT2D eigenvalue weighted by Gasteiger charge is 2.29. The summed E-state index contributed by atoms with van der Waals surface area (Å²) >= 11 is 0. The summed E-state index contributed by atoms with van der Waals surface area (Å²) in [6, 6.07) is 19.1. The zero-order chi connectivity index (χ0) is 15.6. The molecule has 0 aliphatic heterocycles. The van der Waals surface area contributed by atoms with Crippen molar-refractivity contribution in [2.75, 3.05) is 0 Å². The molecule has 0 amide bonds. The molecule has 3 heteroatoms. The number of benzene rings is 2. The predicted molar refractivity (Wildman–Crippen MR) is 89.6 cm³/mol. The molecule has 1 heterocycles. The molecule has 0 saturated carbocycles. The number of nitrogens with zero attached hydrogens (tertiary/aromatic N) is 2. The maximum Gasteiger partial charge on any atom is 0.191 e. The third kappa shape index (κ3) is 2.48. The predicted octanol–water partition coefficient (Wildman–Crippen LogP) is 3.84. The molecule has 2 aromatic carbocycles. The van der Waals surface area contributed by atoms with Gasteiger partial charge in [0.1, 0.15) is 6.04 Å². The van der Waals surface area contributed by atoms with Crippen molar-refractivity contribution in [3.63, 3.8) is 0 Å². The van der Waals surface area contributed by atoms with Crippen molar-refractivity contribution < 1.29 is 4.79 Å². The van der Waals surface area contributed by atoms with Crippen LogP contribution in [0.2, 0.25) is 0 Å². The normalized spacial score (nSPS) is 14.4. The number of hydrogen-bond donors (Lipinski definition) is 0. The molecule has 3 nitrogen and oxygen atoms in total. The first kappa shape index (κ1) is 13.9. The minimum absolute atomic E-state index is 0.0922. The van der Waals surface area contributed by atoms with E-state index in [2.05, 4.69) is 5.10 Å². The van der Waals surface area contributed by atoms with E-state index >= 15 is 0 Å². The Morgan fingerprint density at radius 2 is 1.65 bits per heavy atom. The highest BCUT2D eigenvalue weighted by Crippen LogP contribution is 2.29. The minimum atomic E-state index is -0.388. The molecule has 23 heavy (non-hydrogen) atoms. The first-order valence-corrected chi connectivity index (χ1v) is 8.04. The maximum absolute atomic E-state index is 13.2. The van der Waals surface area contributed by atoms with Gasteiger partial charge >= 0.3 is 0 Å². The molecule has 0 spiro atoms. The van der Waals surface area contributed by atoms with E-state index in [0.29, 0.717) is 0 Å². The topological polar surface area (TPSA) is 34.9 Å². The van der Waals surface area contributed by atoms with Gasteiger partial charge in [-0.2, -0.15) is 5.10 Å². The highest BCUT2D eigenvalue weighted by atomic mass is 16.1. The van der Waals surface area contributed by atoms with Crippen LogP contribution in [0.3, 0.4) is 0 Å². The van der Waals surface area contributed by atoms with Crippen LogP contribution in [0.25, 0.3) is 0 Å². The van der Waals surface area contributed by atoms with E-state index in [1.54, 1.807) is 0 Å². The van der Waals surface area contributed by atoms with Crippen molar-refractivity contribution in [1.29, 1.82) is 0 Å². The number of aromatic nitrogens is 2. The van der Waals surface area contributed by atoms with E-state index < -0.39 is 0 Å². The second kappa shape index (κ2) is 5.84. The van der Waals surface area contributed by atoms with Crippen LogP contribution in [0, 0.1) is 0 Å². The van der Waals surface area contributed by atoms with Crippen LogP contribution in [-0.4, -0.2) is 15.6 Å². The van der Waals surface area contributed by atoms with Gasteiger partial charge < -0.3 is 0 Å². The summed E-state index contributed by atoms with van der Waals surface area (Å²) in [7, 11) is 0. The molecule has 1 aliphatic carbocycles. The molecule has 1 atom stereocenters. The smallest absolute Gasteiger partial charge is 0.191 e. The first-order valence-electron chi connectivity index (χ1n) is 8.04. The number of rotatable bonds is 4. The van der Waals surface area contributed by atoms with Gasteiger partial charge in [0, 0.05) is 11.3 Å².